The molecule has 0 aromatic carbocycles. The molecule has 1 N–H and O–H groups in total. The zero-order valence-corrected chi connectivity index (χ0v) is 10.4. The average molecular weight is 221 g/mol. The van der Waals surface area contributed by atoms with Crippen LogP contribution in [0.4, 0.5) is 0 Å². The highest BCUT2D eigenvalue weighted by atomic mass is 15.3. The van der Waals surface area contributed by atoms with E-state index in [-0.39, 0.29) is 0 Å². The van der Waals surface area contributed by atoms with Crippen LogP contribution in [0.3, 0.4) is 0 Å². The largest absolute Gasteiger partial charge is 0.314 e. The summed E-state index contributed by atoms with van der Waals surface area (Å²) < 4.78 is 1.96. The summed E-state index contributed by atoms with van der Waals surface area (Å²) >= 11 is 0. The highest BCUT2D eigenvalue weighted by Gasteiger charge is 2.20. The molecule has 1 aliphatic rings. The molecule has 1 aromatic heterocycles. The SMILES string of the molecule is C[C@H](NCCc1ccnn1C)C1CCCC1. The minimum atomic E-state index is 0.677. The van der Waals surface area contributed by atoms with Gasteiger partial charge >= 0.3 is 0 Å². The van der Waals surface area contributed by atoms with Crippen molar-refractivity contribution in [1.82, 2.24) is 15.1 Å². The summed E-state index contributed by atoms with van der Waals surface area (Å²) in [6.07, 6.45) is 8.64. The fourth-order valence-corrected chi connectivity index (χ4v) is 2.70. The molecule has 1 aliphatic carbocycles. The molecule has 0 bridgehead atoms. The number of hydrogen-bond acceptors (Lipinski definition) is 2. The third-order valence-corrected chi connectivity index (χ3v) is 3.88. The predicted octanol–water partition coefficient (Wildman–Crippen LogP) is 2.13. The van der Waals surface area contributed by atoms with Gasteiger partial charge in [-0.25, -0.2) is 0 Å². The topological polar surface area (TPSA) is 29.9 Å². The van der Waals surface area contributed by atoms with E-state index in [4.69, 9.17) is 0 Å². The summed E-state index contributed by atoms with van der Waals surface area (Å²) in [5, 5.41) is 7.83. The van der Waals surface area contributed by atoms with E-state index >= 15 is 0 Å². The van der Waals surface area contributed by atoms with Gasteiger partial charge in [-0.1, -0.05) is 12.8 Å². The van der Waals surface area contributed by atoms with Gasteiger partial charge in [0.1, 0.15) is 0 Å². The van der Waals surface area contributed by atoms with Crippen molar-refractivity contribution in [2.75, 3.05) is 6.54 Å². The number of aryl methyl sites for hydroxylation is 1. The number of hydrogen-bond donors (Lipinski definition) is 1. The molecule has 0 spiro atoms. The molecule has 0 amide bonds. The second-order valence-corrected chi connectivity index (χ2v) is 4.98. The molecule has 0 saturated heterocycles. The Morgan fingerprint density at radius 2 is 2.25 bits per heavy atom. The van der Waals surface area contributed by atoms with Crippen LogP contribution in [0.15, 0.2) is 12.3 Å². The molecule has 1 saturated carbocycles. The van der Waals surface area contributed by atoms with E-state index in [0.717, 1.165) is 18.9 Å². The maximum absolute atomic E-state index is 4.18. The minimum absolute atomic E-state index is 0.677. The van der Waals surface area contributed by atoms with Gasteiger partial charge in [-0.15, -0.1) is 0 Å². The number of nitrogens with one attached hydrogen (secondary N) is 1. The van der Waals surface area contributed by atoms with Crippen molar-refractivity contribution in [2.24, 2.45) is 13.0 Å². The van der Waals surface area contributed by atoms with Crippen molar-refractivity contribution in [3.63, 3.8) is 0 Å². The lowest BCUT2D eigenvalue weighted by molar-refractivity contribution is 0.383. The number of rotatable bonds is 5. The number of aromatic nitrogens is 2. The van der Waals surface area contributed by atoms with Crippen molar-refractivity contribution in [2.45, 2.75) is 45.1 Å². The summed E-state index contributed by atoms with van der Waals surface area (Å²) in [6.45, 7) is 3.40. The van der Waals surface area contributed by atoms with E-state index < -0.39 is 0 Å². The summed E-state index contributed by atoms with van der Waals surface area (Å²) in [6, 6.07) is 2.78. The van der Waals surface area contributed by atoms with Crippen LogP contribution in [0.2, 0.25) is 0 Å². The molecule has 1 heterocycles. The van der Waals surface area contributed by atoms with Crippen LogP contribution in [0.5, 0.6) is 0 Å². The Bertz CT molecular complexity index is 313. The highest BCUT2D eigenvalue weighted by molar-refractivity contribution is 5.00. The zero-order valence-electron chi connectivity index (χ0n) is 10.4. The van der Waals surface area contributed by atoms with Crippen LogP contribution in [0, 0.1) is 5.92 Å². The van der Waals surface area contributed by atoms with Crippen molar-refractivity contribution in [1.29, 1.82) is 0 Å². The van der Waals surface area contributed by atoms with E-state index in [1.54, 1.807) is 0 Å². The van der Waals surface area contributed by atoms with Gasteiger partial charge in [0.25, 0.3) is 0 Å². The monoisotopic (exact) mass is 221 g/mol. The molecule has 3 nitrogen and oxygen atoms in total. The van der Waals surface area contributed by atoms with Crippen LogP contribution < -0.4 is 5.32 Å². The normalized spacial score (nSPS) is 19.1. The van der Waals surface area contributed by atoms with Crippen molar-refractivity contribution < 1.29 is 0 Å². The Labute approximate surface area is 98.2 Å². The zero-order chi connectivity index (χ0) is 11.4. The van der Waals surface area contributed by atoms with Gasteiger partial charge in [0.15, 0.2) is 0 Å². The quantitative estimate of drug-likeness (QED) is 0.825. The van der Waals surface area contributed by atoms with E-state index in [9.17, 15) is 0 Å². The third kappa shape index (κ3) is 2.85. The Hall–Kier alpha value is -0.830. The fraction of sp³-hybridized carbons (Fsp3) is 0.769. The molecule has 1 atom stereocenters. The Balaban J connectivity index is 1.69. The summed E-state index contributed by atoms with van der Waals surface area (Å²) in [4.78, 5) is 0. The highest BCUT2D eigenvalue weighted by Crippen LogP contribution is 2.27. The molecule has 90 valence electrons. The molecule has 16 heavy (non-hydrogen) atoms. The second-order valence-electron chi connectivity index (χ2n) is 4.98. The van der Waals surface area contributed by atoms with E-state index in [2.05, 4.69) is 23.4 Å². The van der Waals surface area contributed by atoms with Crippen molar-refractivity contribution in [3.8, 4) is 0 Å². The lowest BCUT2D eigenvalue weighted by Crippen LogP contribution is -2.33. The number of nitrogens with zero attached hydrogens (tertiary/aromatic N) is 2. The van der Waals surface area contributed by atoms with Gasteiger partial charge < -0.3 is 5.32 Å². The first-order valence-electron chi connectivity index (χ1n) is 6.47. The van der Waals surface area contributed by atoms with Crippen molar-refractivity contribution >= 4 is 0 Å². The first kappa shape index (κ1) is 11.6. The third-order valence-electron chi connectivity index (χ3n) is 3.88. The Morgan fingerprint density at radius 1 is 1.50 bits per heavy atom. The minimum Gasteiger partial charge on any atom is -0.314 e. The van der Waals surface area contributed by atoms with E-state index in [0.29, 0.717) is 6.04 Å². The standard InChI is InChI=1S/C13H23N3/c1-11(12-5-3-4-6-12)14-9-7-13-8-10-15-16(13)2/h8,10-12,14H,3-7,9H2,1-2H3/t11-/m0/s1. The first-order valence-corrected chi connectivity index (χ1v) is 6.47. The van der Waals surface area contributed by atoms with Gasteiger partial charge in [0.05, 0.1) is 0 Å². The van der Waals surface area contributed by atoms with Gasteiger partial charge in [-0.2, -0.15) is 5.10 Å². The molecule has 2 rings (SSSR count). The maximum Gasteiger partial charge on any atom is 0.0492 e. The van der Waals surface area contributed by atoms with Gasteiger partial charge in [-0.3, -0.25) is 4.68 Å². The second kappa shape index (κ2) is 5.48. The first-order chi connectivity index (χ1) is 7.77. The lowest BCUT2D eigenvalue weighted by Gasteiger charge is -2.20. The Morgan fingerprint density at radius 3 is 2.88 bits per heavy atom. The lowest BCUT2D eigenvalue weighted by atomic mass is 10.00. The molecule has 0 unspecified atom stereocenters. The van der Waals surface area contributed by atoms with E-state index in [1.807, 2.05) is 17.9 Å². The van der Waals surface area contributed by atoms with Crippen LogP contribution in [-0.2, 0) is 13.5 Å². The average Bonchev–Trinajstić information content (AvgIpc) is 2.90. The summed E-state index contributed by atoms with van der Waals surface area (Å²) in [5.74, 6) is 0.909. The molecule has 0 aliphatic heterocycles. The van der Waals surface area contributed by atoms with Crippen LogP contribution in [0.1, 0.15) is 38.3 Å². The van der Waals surface area contributed by atoms with Crippen LogP contribution in [0.25, 0.3) is 0 Å². The van der Waals surface area contributed by atoms with Gasteiger partial charge in [-0.05, 0) is 31.7 Å². The fourth-order valence-electron chi connectivity index (χ4n) is 2.70. The van der Waals surface area contributed by atoms with Gasteiger partial charge in [0.2, 0.25) is 0 Å². The molecule has 3 heteroatoms. The van der Waals surface area contributed by atoms with Crippen LogP contribution in [-0.4, -0.2) is 22.4 Å². The maximum atomic E-state index is 4.18. The molecule has 1 aromatic rings. The van der Waals surface area contributed by atoms with Crippen molar-refractivity contribution in [3.05, 3.63) is 18.0 Å². The van der Waals surface area contributed by atoms with E-state index in [1.165, 1.54) is 31.4 Å². The molecule has 0 radical (unpaired) electrons. The van der Waals surface area contributed by atoms with Gasteiger partial charge in [0, 0.05) is 37.9 Å². The van der Waals surface area contributed by atoms with Crippen LogP contribution >= 0.6 is 0 Å². The molecular formula is C13H23N3. The summed E-state index contributed by atoms with van der Waals surface area (Å²) in [5.41, 5.74) is 1.31. The summed E-state index contributed by atoms with van der Waals surface area (Å²) in [7, 11) is 2.01. The molecule has 1 fully saturated rings. The smallest absolute Gasteiger partial charge is 0.0492 e. The molecular weight excluding hydrogens is 198 g/mol. The predicted molar refractivity (Wildman–Crippen MR) is 66.3 cm³/mol. The Kier molecular flexibility index (Phi) is 3.99.